The molecule has 0 aliphatic carbocycles. The molecule has 1 heterocycles. The lowest BCUT2D eigenvalue weighted by Gasteiger charge is -2.31. The highest BCUT2D eigenvalue weighted by Gasteiger charge is 2.30. The molecule has 0 radical (unpaired) electrons. The summed E-state index contributed by atoms with van der Waals surface area (Å²) < 4.78 is 5.52. The molecule has 1 atom stereocenters. The SMILES string of the molecule is COc1ccc(C)cc1C1(C)CCCCCN1. The number of hydrogen-bond donors (Lipinski definition) is 1. The Hall–Kier alpha value is -1.02. The van der Waals surface area contributed by atoms with Gasteiger partial charge in [0.05, 0.1) is 7.11 Å². The first-order valence-electron chi connectivity index (χ1n) is 6.56. The van der Waals surface area contributed by atoms with Crippen LogP contribution in [0.5, 0.6) is 5.75 Å². The molecular weight excluding hydrogens is 210 g/mol. The largest absolute Gasteiger partial charge is 0.496 e. The number of ether oxygens (including phenoxy) is 1. The highest BCUT2D eigenvalue weighted by molar-refractivity contribution is 5.41. The second-order valence-corrected chi connectivity index (χ2v) is 5.27. The number of hydrogen-bond acceptors (Lipinski definition) is 2. The van der Waals surface area contributed by atoms with Gasteiger partial charge in [0.1, 0.15) is 5.75 Å². The Kier molecular flexibility index (Phi) is 3.72. The summed E-state index contributed by atoms with van der Waals surface area (Å²) in [5.41, 5.74) is 2.67. The zero-order valence-electron chi connectivity index (χ0n) is 11.2. The van der Waals surface area contributed by atoms with E-state index in [4.69, 9.17) is 4.74 Å². The topological polar surface area (TPSA) is 21.3 Å². The van der Waals surface area contributed by atoms with Gasteiger partial charge in [-0.3, -0.25) is 0 Å². The van der Waals surface area contributed by atoms with Gasteiger partial charge < -0.3 is 10.1 Å². The van der Waals surface area contributed by atoms with E-state index in [1.807, 2.05) is 0 Å². The summed E-state index contributed by atoms with van der Waals surface area (Å²) in [4.78, 5) is 0. The summed E-state index contributed by atoms with van der Waals surface area (Å²) in [5.74, 6) is 1.01. The first-order valence-corrected chi connectivity index (χ1v) is 6.56. The Bertz CT molecular complexity index is 379. The molecular formula is C15H23NO. The Morgan fingerprint density at radius 1 is 1.24 bits per heavy atom. The van der Waals surface area contributed by atoms with Crippen molar-refractivity contribution in [3.63, 3.8) is 0 Å². The first kappa shape index (κ1) is 12.4. The zero-order valence-corrected chi connectivity index (χ0v) is 11.2. The third kappa shape index (κ3) is 2.63. The quantitative estimate of drug-likeness (QED) is 0.845. The van der Waals surface area contributed by atoms with Gasteiger partial charge in [0.15, 0.2) is 0 Å². The lowest BCUT2D eigenvalue weighted by Crippen LogP contribution is -2.39. The molecule has 1 aliphatic rings. The molecule has 1 aromatic carbocycles. The van der Waals surface area contributed by atoms with Crippen molar-refractivity contribution in [2.24, 2.45) is 0 Å². The van der Waals surface area contributed by atoms with Crippen LogP contribution in [0, 0.1) is 6.92 Å². The molecule has 1 aromatic rings. The van der Waals surface area contributed by atoms with E-state index in [0.29, 0.717) is 0 Å². The molecule has 0 saturated carbocycles. The van der Waals surface area contributed by atoms with Crippen LogP contribution in [0.4, 0.5) is 0 Å². The second-order valence-electron chi connectivity index (χ2n) is 5.27. The number of rotatable bonds is 2. The summed E-state index contributed by atoms with van der Waals surface area (Å²) in [5, 5.41) is 3.70. The second kappa shape index (κ2) is 5.09. The number of methoxy groups -OCH3 is 1. The molecule has 17 heavy (non-hydrogen) atoms. The van der Waals surface area contributed by atoms with Gasteiger partial charge in [-0.05, 0) is 39.3 Å². The van der Waals surface area contributed by atoms with Gasteiger partial charge in [0, 0.05) is 11.1 Å². The summed E-state index contributed by atoms with van der Waals surface area (Å²) in [6, 6.07) is 6.46. The minimum Gasteiger partial charge on any atom is -0.496 e. The fourth-order valence-corrected chi connectivity index (χ4v) is 2.72. The summed E-state index contributed by atoms with van der Waals surface area (Å²) in [6.45, 7) is 5.55. The molecule has 0 aromatic heterocycles. The smallest absolute Gasteiger partial charge is 0.123 e. The average molecular weight is 233 g/mol. The normalized spacial score (nSPS) is 25.4. The van der Waals surface area contributed by atoms with Gasteiger partial charge in [-0.1, -0.05) is 30.5 Å². The van der Waals surface area contributed by atoms with Gasteiger partial charge in [0.25, 0.3) is 0 Å². The number of benzene rings is 1. The molecule has 1 unspecified atom stereocenters. The zero-order chi connectivity index (χ0) is 12.3. The van der Waals surface area contributed by atoms with E-state index >= 15 is 0 Å². The standard InChI is InChI=1S/C15H23NO/c1-12-7-8-14(17-3)13(11-12)15(2)9-5-4-6-10-16-15/h7-8,11,16H,4-6,9-10H2,1-3H3. The van der Waals surface area contributed by atoms with Gasteiger partial charge in [0.2, 0.25) is 0 Å². The fourth-order valence-electron chi connectivity index (χ4n) is 2.72. The third-order valence-corrected chi connectivity index (χ3v) is 3.82. The van der Waals surface area contributed by atoms with Gasteiger partial charge in [-0.25, -0.2) is 0 Å². The Morgan fingerprint density at radius 2 is 2.06 bits per heavy atom. The van der Waals surface area contributed by atoms with E-state index < -0.39 is 0 Å². The monoisotopic (exact) mass is 233 g/mol. The Balaban J connectivity index is 2.38. The van der Waals surface area contributed by atoms with Crippen molar-refractivity contribution >= 4 is 0 Å². The summed E-state index contributed by atoms with van der Waals surface area (Å²) in [6.07, 6.45) is 5.09. The maximum Gasteiger partial charge on any atom is 0.123 e. The molecule has 1 N–H and O–H groups in total. The van der Waals surface area contributed by atoms with Crippen molar-refractivity contribution in [1.82, 2.24) is 5.32 Å². The molecule has 94 valence electrons. The van der Waals surface area contributed by atoms with Crippen LogP contribution in [0.25, 0.3) is 0 Å². The Labute approximate surface area is 104 Å². The molecule has 0 bridgehead atoms. The minimum absolute atomic E-state index is 0.0634. The van der Waals surface area contributed by atoms with Crippen LogP contribution in [-0.4, -0.2) is 13.7 Å². The third-order valence-electron chi connectivity index (χ3n) is 3.82. The van der Waals surface area contributed by atoms with E-state index in [1.54, 1.807) is 7.11 Å². The van der Waals surface area contributed by atoms with Crippen molar-refractivity contribution < 1.29 is 4.74 Å². The van der Waals surface area contributed by atoms with E-state index in [2.05, 4.69) is 37.4 Å². The maximum atomic E-state index is 5.52. The molecule has 0 spiro atoms. The van der Waals surface area contributed by atoms with Crippen LogP contribution >= 0.6 is 0 Å². The Morgan fingerprint density at radius 3 is 2.82 bits per heavy atom. The van der Waals surface area contributed by atoms with E-state index in [-0.39, 0.29) is 5.54 Å². The highest BCUT2D eigenvalue weighted by Crippen LogP contribution is 2.35. The van der Waals surface area contributed by atoms with Crippen LogP contribution in [0.1, 0.15) is 43.7 Å². The number of nitrogens with one attached hydrogen (secondary N) is 1. The molecule has 1 fully saturated rings. The lowest BCUT2D eigenvalue weighted by atomic mass is 9.86. The predicted octanol–water partition coefficient (Wildman–Crippen LogP) is 3.38. The first-order chi connectivity index (χ1) is 8.15. The number of aryl methyl sites for hydroxylation is 1. The van der Waals surface area contributed by atoms with Crippen molar-refractivity contribution in [3.8, 4) is 5.75 Å². The minimum atomic E-state index is 0.0634. The van der Waals surface area contributed by atoms with Gasteiger partial charge >= 0.3 is 0 Å². The predicted molar refractivity (Wildman–Crippen MR) is 71.6 cm³/mol. The maximum absolute atomic E-state index is 5.52. The van der Waals surface area contributed by atoms with Crippen molar-refractivity contribution in [2.45, 2.75) is 45.1 Å². The van der Waals surface area contributed by atoms with E-state index in [9.17, 15) is 0 Å². The van der Waals surface area contributed by atoms with E-state index in [1.165, 1.54) is 36.8 Å². The summed E-state index contributed by atoms with van der Waals surface area (Å²) >= 11 is 0. The van der Waals surface area contributed by atoms with Gasteiger partial charge in [-0.15, -0.1) is 0 Å². The van der Waals surface area contributed by atoms with Crippen molar-refractivity contribution in [3.05, 3.63) is 29.3 Å². The van der Waals surface area contributed by atoms with Crippen molar-refractivity contribution in [2.75, 3.05) is 13.7 Å². The molecule has 1 aliphatic heterocycles. The van der Waals surface area contributed by atoms with Crippen LogP contribution in [0.3, 0.4) is 0 Å². The lowest BCUT2D eigenvalue weighted by molar-refractivity contribution is 0.332. The highest BCUT2D eigenvalue weighted by atomic mass is 16.5. The van der Waals surface area contributed by atoms with Crippen LogP contribution in [0.15, 0.2) is 18.2 Å². The fraction of sp³-hybridized carbons (Fsp3) is 0.600. The van der Waals surface area contributed by atoms with Gasteiger partial charge in [-0.2, -0.15) is 0 Å². The molecule has 1 saturated heterocycles. The molecule has 2 heteroatoms. The van der Waals surface area contributed by atoms with Crippen LogP contribution in [-0.2, 0) is 5.54 Å². The molecule has 2 nitrogen and oxygen atoms in total. The van der Waals surface area contributed by atoms with Crippen LogP contribution < -0.4 is 10.1 Å². The average Bonchev–Trinajstić information content (AvgIpc) is 2.55. The van der Waals surface area contributed by atoms with E-state index in [0.717, 1.165) is 12.3 Å². The summed E-state index contributed by atoms with van der Waals surface area (Å²) in [7, 11) is 1.76. The van der Waals surface area contributed by atoms with Crippen LogP contribution in [0.2, 0.25) is 0 Å². The van der Waals surface area contributed by atoms with Crippen molar-refractivity contribution in [1.29, 1.82) is 0 Å². The molecule has 0 amide bonds. The molecule has 2 rings (SSSR count).